The molecule has 1 aliphatic heterocycles. The average molecular weight is 242 g/mol. The number of ether oxygens (including phenoxy) is 1. The van der Waals surface area contributed by atoms with E-state index in [4.69, 9.17) is 4.74 Å². The van der Waals surface area contributed by atoms with Crippen LogP contribution >= 0.6 is 15.9 Å². The first-order valence-electron chi connectivity index (χ1n) is 4.52. The normalized spacial score (nSPS) is 28.7. The molecule has 0 aromatic carbocycles. The summed E-state index contributed by atoms with van der Waals surface area (Å²) in [5.41, 5.74) is 1.19. The van der Waals surface area contributed by atoms with Crippen LogP contribution in [-0.2, 0) is 4.74 Å². The van der Waals surface area contributed by atoms with Crippen LogP contribution in [0.3, 0.4) is 0 Å². The standard InChI is InChI=1S/C10H12BrNO/c11-9-3-5-13-10(6-9)8-2-1-4-12-7-8/h1-2,4,7,9-10H,3,5-6H2/t9-,10-/m0/s1. The second-order valence-corrected chi connectivity index (χ2v) is 4.56. The number of nitrogens with zero attached hydrogens (tertiary/aromatic N) is 1. The predicted octanol–water partition coefficient (Wildman–Crippen LogP) is 2.70. The molecule has 0 unspecified atom stereocenters. The van der Waals surface area contributed by atoms with E-state index in [0.717, 1.165) is 19.4 Å². The van der Waals surface area contributed by atoms with E-state index >= 15 is 0 Å². The minimum absolute atomic E-state index is 0.229. The van der Waals surface area contributed by atoms with Gasteiger partial charge in [-0.15, -0.1) is 0 Å². The monoisotopic (exact) mass is 241 g/mol. The van der Waals surface area contributed by atoms with Gasteiger partial charge in [-0.1, -0.05) is 22.0 Å². The molecule has 1 saturated heterocycles. The summed E-state index contributed by atoms with van der Waals surface area (Å²) in [7, 11) is 0. The Balaban J connectivity index is 2.08. The number of hydrogen-bond acceptors (Lipinski definition) is 2. The molecule has 2 rings (SSSR count). The summed E-state index contributed by atoms with van der Waals surface area (Å²) in [5, 5.41) is 0. The van der Waals surface area contributed by atoms with E-state index in [1.807, 2.05) is 12.3 Å². The van der Waals surface area contributed by atoms with Crippen molar-refractivity contribution >= 4 is 15.9 Å². The molecule has 2 heterocycles. The Hall–Kier alpha value is -0.410. The van der Waals surface area contributed by atoms with Gasteiger partial charge < -0.3 is 4.74 Å². The van der Waals surface area contributed by atoms with Gasteiger partial charge >= 0.3 is 0 Å². The van der Waals surface area contributed by atoms with Gasteiger partial charge in [0.25, 0.3) is 0 Å². The van der Waals surface area contributed by atoms with Gasteiger partial charge in [0.15, 0.2) is 0 Å². The maximum Gasteiger partial charge on any atom is 0.0850 e. The van der Waals surface area contributed by atoms with Crippen molar-refractivity contribution in [2.45, 2.75) is 23.8 Å². The molecule has 2 nitrogen and oxygen atoms in total. The van der Waals surface area contributed by atoms with Crippen LogP contribution in [0.4, 0.5) is 0 Å². The first-order chi connectivity index (χ1) is 6.36. The molecular formula is C10H12BrNO. The smallest absolute Gasteiger partial charge is 0.0850 e. The summed E-state index contributed by atoms with van der Waals surface area (Å²) in [4.78, 5) is 4.68. The lowest BCUT2D eigenvalue weighted by molar-refractivity contribution is 0.0185. The van der Waals surface area contributed by atoms with Crippen molar-refractivity contribution in [3.8, 4) is 0 Å². The van der Waals surface area contributed by atoms with Crippen molar-refractivity contribution < 1.29 is 4.74 Å². The highest BCUT2D eigenvalue weighted by molar-refractivity contribution is 9.09. The Bertz CT molecular complexity index is 265. The summed E-state index contributed by atoms with van der Waals surface area (Å²) in [6, 6.07) is 4.03. The number of aromatic nitrogens is 1. The zero-order valence-corrected chi connectivity index (χ0v) is 8.90. The summed E-state index contributed by atoms with van der Waals surface area (Å²) >= 11 is 3.63. The molecule has 0 spiro atoms. The number of rotatable bonds is 1. The van der Waals surface area contributed by atoms with E-state index in [-0.39, 0.29) is 6.10 Å². The SMILES string of the molecule is Br[C@H]1CCO[C@H](c2cccnc2)C1. The molecule has 3 heteroatoms. The van der Waals surface area contributed by atoms with Gasteiger partial charge in [0.1, 0.15) is 0 Å². The molecule has 0 saturated carbocycles. The molecule has 0 amide bonds. The molecule has 0 radical (unpaired) electrons. The first-order valence-corrected chi connectivity index (χ1v) is 5.43. The van der Waals surface area contributed by atoms with Crippen molar-refractivity contribution in [2.24, 2.45) is 0 Å². The predicted molar refractivity (Wildman–Crippen MR) is 54.9 cm³/mol. The van der Waals surface area contributed by atoms with Crippen LogP contribution in [0.25, 0.3) is 0 Å². The minimum Gasteiger partial charge on any atom is -0.373 e. The van der Waals surface area contributed by atoms with Crippen LogP contribution in [0.15, 0.2) is 24.5 Å². The molecule has 0 N–H and O–H groups in total. The van der Waals surface area contributed by atoms with Crippen molar-refractivity contribution in [2.75, 3.05) is 6.61 Å². The largest absolute Gasteiger partial charge is 0.373 e. The van der Waals surface area contributed by atoms with Crippen LogP contribution in [0, 0.1) is 0 Å². The molecular weight excluding hydrogens is 230 g/mol. The summed E-state index contributed by atoms with van der Waals surface area (Å²) < 4.78 is 5.66. The van der Waals surface area contributed by atoms with Crippen LogP contribution in [0.2, 0.25) is 0 Å². The maximum atomic E-state index is 5.66. The Morgan fingerprint density at radius 2 is 2.46 bits per heavy atom. The van der Waals surface area contributed by atoms with Crippen LogP contribution in [-0.4, -0.2) is 16.4 Å². The molecule has 2 atom stereocenters. The topological polar surface area (TPSA) is 22.1 Å². The van der Waals surface area contributed by atoms with Gasteiger partial charge in [0.05, 0.1) is 6.10 Å². The number of pyridine rings is 1. The van der Waals surface area contributed by atoms with E-state index < -0.39 is 0 Å². The van der Waals surface area contributed by atoms with Crippen molar-refractivity contribution in [1.82, 2.24) is 4.98 Å². The third-order valence-electron chi connectivity index (χ3n) is 2.28. The molecule has 1 fully saturated rings. The van der Waals surface area contributed by atoms with Crippen molar-refractivity contribution in [1.29, 1.82) is 0 Å². The Morgan fingerprint density at radius 3 is 3.15 bits per heavy atom. The van der Waals surface area contributed by atoms with Gasteiger partial charge in [0, 0.05) is 23.8 Å². The Morgan fingerprint density at radius 1 is 1.54 bits per heavy atom. The molecule has 1 aliphatic rings. The van der Waals surface area contributed by atoms with E-state index in [9.17, 15) is 0 Å². The lowest BCUT2D eigenvalue weighted by Gasteiger charge is -2.26. The van der Waals surface area contributed by atoms with Gasteiger partial charge in [-0.05, 0) is 24.5 Å². The number of hydrogen-bond donors (Lipinski definition) is 0. The van der Waals surface area contributed by atoms with E-state index in [0.29, 0.717) is 4.83 Å². The molecule has 0 bridgehead atoms. The quantitative estimate of drug-likeness (QED) is 0.706. The second kappa shape index (κ2) is 4.20. The van der Waals surface area contributed by atoms with Gasteiger partial charge in [-0.25, -0.2) is 0 Å². The summed E-state index contributed by atoms with van der Waals surface area (Å²) in [6.45, 7) is 0.843. The van der Waals surface area contributed by atoms with Crippen molar-refractivity contribution in [3.05, 3.63) is 30.1 Å². The fraction of sp³-hybridized carbons (Fsp3) is 0.500. The number of halogens is 1. The fourth-order valence-electron chi connectivity index (χ4n) is 1.56. The third-order valence-corrected chi connectivity index (χ3v) is 3.11. The highest BCUT2D eigenvalue weighted by Crippen LogP contribution is 2.30. The van der Waals surface area contributed by atoms with Crippen LogP contribution < -0.4 is 0 Å². The van der Waals surface area contributed by atoms with Gasteiger partial charge in [0.2, 0.25) is 0 Å². The molecule has 13 heavy (non-hydrogen) atoms. The van der Waals surface area contributed by atoms with E-state index in [1.165, 1.54) is 5.56 Å². The van der Waals surface area contributed by atoms with E-state index in [1.54, 1.807) is 6.20 Å². The summed E-state index contributed by atoms with van der Waals surface area (Å²) in [5.74, 6) is 0. The molecule has 1 aromatic rings. The van der Waals surface area contributed by atoms with Crippen molar-refractivity contribution in [3.63, 3.8) is 0 Å². The Kier molecular flexibility index (Phi) is 2.96. The second-order valence-electron chi connectivity index (χ2n) is 3.27. The molecule has 70 valence electrons. The first kappa shape index (κ1) is 9.16. The fourth-order valence-corrected chi connectivity index (χ4v) is 2.08. The lowest BCUT2D eigenvalue weighted by Crippen LogP contribution is -2.19. The number of alkyl halides is 1. The highest BCUT2D eigenvalue weighted by atomic mass is 79.9. The Labute approximate surface area is 86.5 Å². The zero-order chi connectivity index (χ0) is 9.10. The molecule has 0 aliphatic carbocycles. The lowest BCUT2D eigenvalue weighted by atomic mass is 10.0. The van der Waals surface area contributed by atoms with Gasteiger partial charge in [-0.2, -0.15) is 0 Å². The minimum atomic E-state index is 0.229. The molecule has 1 aromatic heterocycles. The summed E-state index contributed by atoms with van der Waals surface area (Å²) in [6.07, 6.45) is 6.06. The van der Waals surface area contributed by atoms with Crippen LogP contribution in [0.5, 0.6) is 0 Å². The van der Waals surface area contributed by atoms with E-state index in [2.05, 4.69) is 27.0 Å². The third kappa shape index (κ3) is 2.29. The van der Waals surface area contributed by atoms with Gasteiger partial charge in [-0.3, -0.25) is 4.98 Å². The average Bonchev–Trinajstić information content (AvgIpc) is 2.19. The highest BCUT2D eigenvalue weighted by Gasteiger charge is 2.21. The van der Waals surface area contributed by atoms with Crippen LogP contribution in [0.1, 0.15) is 24.5 Å². The zero-order valence-electron chi connectivity index (χ0n) is 7.32. The maximum absolute atomic E-state index is 5.66.